The molecule has 0 aliphatic rings. The summed E-state index contributed by atoms with van der Waals surface area (Å²) in [5.41, 5.74) is 10.2. The molecule has 4 rings (SSSR count). The number of rotatable bonds is 4. The first-order chi connectivity index (χ1) is 14.7. The number of nitrogens with one attached hydrogen (secondary N) is 2. The summed E-state index contributed by atoms with van der Waals surface area (Å²) >= 11 is 0. The quantitative estimate of drug-likeness (QED) is 0.327. The molecule has 1 aromatic heterocycles. The van der Waals surface area contributed by atoms with Crippen LogP contribution in [0.4, 0.5) is 11.4 Å². The topological polar surface area (TPSA) is 101 Å². The first-order valence-corrected chi connectivity index (χ1v) is 10.0. The van der Waals surface area contributed by atoms with Gasteiger partial charge in [0, 0.05) is 22.1 Å². The highest BCUT2D eigenvalue weighted by molar-refractivity contribution is 6.15. The Balaban J connectivity index is 1.58. The first-order valence-electron chi connectivity index (χ1n) is 10.0. The third-order valence-corrected chi connectivity index (χ3v) is 5.32. The van der Waals surface area contributed by atoms with Crippen molar-refractivity contribution < 1.29 is 9.59 Å². The van der Waals surface area contributed by atoms with E-state index in [1.54, 1.807) is 36.5 Å². The van der Waals surface area contributed by atoms with E-state index < -0.39 is 0 Å². The second kappa shape index (κ2) is 7.72. The van der Waals surface area contributed by atoms with Crippen LogP contribution in [0.1, 0.15) is 52.6 Å². The molecule has 156 valence electrons. The largest absolute Gasteiger partial charge is 0.396 e. The van der Waals surface area contributed by atoms with Gasteiger partial charge in [-0.15, -0.1) is 0 Å². The van der Waals surface area contributed by atoms with E-state index in [0.29, 0.717) is 22.4 Å². The molecule has 0 fully saturated rings. The number of fused-ring (bicyclic) bond motifs is 1. The van der Waals surface area contributed by atoms with Gasteiger partial charge < -0.3 is 11.1 Å². The number of nitrogens with zero attached hydrogens (tertiary/aromatic N) is 1. The highest BCUT2D eigenvalue weighted by Crippen LogP contribution is 2.27. The zero-order valence-corrected chi connectivity index (χ0v) is 17.7. The van der Waals surface area contributed by atoms with Gasteiger partial charge in [0.15, 0.2) is 5.78 Å². The molecule has 0 spiro atoms. The number of hydrogen-bond donors (Lipinski definition) is 3. The molecule has 0 saturated carbocycles. The average molecular weight is 412 g/mol. The summed E-state index contributed by atoms with van der Waals surface area (Å²) in [4.78, 5) is 25.8. The molecular weight excluding hydrogens is 388 g/mol. The summed E-state index contributed by atoms with van der Waals surface area (Å²) in [5, 5.41) is 10.5. The average Bonchev–Trinajstić information content (AvgIpc) is 3.22. The van der Waals surface area contributed by atoms with Crippen LogP contribution in [0.3, 0.4) is 0 Å². The first kappa shape index (κ1) is 20.3. The number of nitrogens with two attached hydrogens (primary N) is 1. The summed E-state index contributed by atoms with van der Waals surface area (Å²) < 4.78 is 0. The number of aromatic nitrogens is 2. The highest BCUT2D eigenvalue weighted by atomic mass is 16.1. The number of amides is 1. The fourth-order valence-corrected chi connectivity index (χ4v) is 3.42. The Kier molecular flexibility index (Phi) is 5.07. The molecule has 6 heteroatoms. The van der Waals surface area contributed by atoms with E-state index in [1.165, 1.54) is 0 Å². The molecule has 31 heavy (non-hydrogen) atoms. The number of benzene rings is 3. The van der Waals surface area contributed by atoms with Gasteiger partial charge in [-0.25, -0.2) is 0 Å². The van der Waals surface area contributed by atoms with Crippen molar-refractivity contribution in [2.24, 2.45) is 0 Å². The fourth-order valence-electron chi connectivity index (χ4n) is 3.42. The molecule has 0 aliphatic carbocycles. The second-order valence-corrected chi connectivity index (χ2v) is 8.55. The number of anilines is 2. The molecular formula is C25H24N4O2. The fraction of sp³-hybridized carbons (Fsp3) is 0.160. The summed E-state index contributed by atoms with van der Waals surface area (Å²) in [5.74, 6) is -0.504. The van der Waals surface area contributed by atoms with E-state index in [4.69, 9.17) is 5.73 Å². The summed E-state index contributed by atoms with van der Waals surface area (Å²) in [6, 6.07) is 17.9. The lowest BCUT2D eigenvalue weighted by Gasteiger charge is -2.19. The van der Waals surface area contributed by atoms with Crippen LogP contribution in [0.15, 0.2) is 66.9 Å². The van der Waals surface area contributed by atoms with Crippen molar-refractivity contribution in [2.75, 3.05) is 11.1 Å². The van der Waals surface area contributed by atoms with Gasteiger partial charge in [0.1, 0.15) is 0 Å². The Bertz CT molecular complexity index is 1280. The standard InChI is InChI=1S/C25H24N4O2/c1-25(2,3)18-11-9-15(10-12-18)23(30)19-5-4-6-20(22(19)26)28-24(31)16-7-8-17-14-27-29-21(17)13-16/h4-14H,26H2,1-3H3,(H,27,29)(H,28,31). The summed E-state index contributed by atoms with van der Waals surface area (Å²) in [6.45, 7) is 6.37. The Morgan fingerprint density at radius 1 is 0.968 bits per heavy atom. The maximum absolute atomic E-state index is 13.0. The maximum Gasteiger partial charge on any atom is 0.255 e. The predicted molar refractivity (Wildman–Crippen MR) is 123 cm³/mol. The Hall–Kier alpha value is -3.93. The molecule has 0 bridgehead atoms. The van der Waals surface area contributed by atoms with Crippen LogP contribution < -0.4 is 11.1 Å². The minimum absolute atomic E-state index is 0.00397. The van der Waals surface area contributed by atoms with Gasteiger partial charge in [-0.2, -0.15) is 5.10 Å². The summed E-state index contributed by atoms with van der Waals surface area (Å²) in [6.07, 6.45) is 1.69. The van der Waals surface area contributed by atoms with E-state index in [0.717, 1.165) is 16.5 Å². The number of ketones is 1. The van der Waals surface area contributed by atoms with Crippen LogP contribution in [0.2, 0.25) is 0 Å². The van der Waals surface area contributed by atoms with Gasteiger partial charge in [0.05, 0.1) is 23.1 Å². The zero-order chi connectivity index (χ0) is 22.2. The van der Waals surface area contributed by atoms with E-state index >= 15 is 0 Å². The van der Waals surface area contributed by atoms with Crippen molar-refractivity contribution in [3.05, 3.63) is 89.1 Å². The maximum atomic E-state index is 13.0. The molecule has 3 aromatic carbocycles. The number of carbonyl (C=O) groups excluding carboxylic acids is 2. The third kappa shape index (κ3) is 4.05. The molecule has 0 saturated heterocycles. The molecule has 0 radical (unpaired) electrons. The third-order valence-electron chi connectivity index (χ3n) is 5.32. The zero-order valence-electron chi connectivity index (χ0n) is 17.7. The van der Waals surface area contributed by atoms with E-state index in [2.05, 4.69) is 36.3 Å². The van der Waals surface area contributed by atoms with Crippen LogP contribution in [0.25, 0.3) is 10.9 Å². The lowest BCUT2D eigenvalue weighted by molar-refractivity contribution is 0.102. The van der Waals surface area contributed by atoms with Gasteiger partial charge >= 0.3 is 0 Å². The second-order valence-electron chi connectivity index (χ2n) is 8.55. The molecule has 1 amide bonds. The Morgan fingerprint density at radius 3 is 2.39 bits per heavy atom. The molecule has 4 N–H and O–H groups in total. The minimum Gasteiger partial charge on any atom is -0.396 e. The van der Waals surface area contributed by atoms with Crippen molar-refractivity contribution in [1.82, 2.24) is 10.2 Å². The Morgan fingerprint density at radius 2 is 1.68 bits per heavy atom. The van der Waals surface area contributed by atoms with Gasteiger partial charge in [0.25, 0.3) is 5.91 Å². The van der Waals surface area contributed by atoms with Crippen molar-refractivity contribution in [1.29, 1.82) is 0 Å². The van der Waals surface area contributed by atoms with E-state index in [1.807, 2.05) is 30.3 Å². The van der Waals surface area contributed by atoms with Crippen molar-refractivity contribution >= 4 is 34.0 Å². The number of carbonyl (C=O) groups is 2. The molecule has 4 aromatic rings. The van der Waals surface area contributed by atoms with E-state index in [-0.39, 0.29) is 22.8 Å². The van der Waals surface area contributed by atoms with Crippen molar-refractivity contribution in [3.8, 4) is 0 Å². The van der Waals surface area contributed by atoms with Gasteiger partial charge in [0.2, 0.25) is 0 Å². The number of para-hydroxylation sites is 1. The SMILES string of the molecule is CC(C)(C)c1ccc(C(=O)c2cccc(NC(=O)c3ccc4cn[nH]c4c3)c2N)cc1. The lowest BCUT2D eigenvalue weighted by Crippen LogP contribution is -2.15. The lowest BCUT2D eigenvalue weighted by atomic mass is 9.86. The Labute approximate surface area is 180 Å². The smallest absolute Gasteiger partial charge is 0.255 e. The van der Waals surface area contributed by atoms with Gasteiger partial charge in [-0.1, -0.05) is 57.2 Å². The van der Waals surface area contributed by atoms with Gasteiger partial charge in [-0.05, 0) is 35.2 Å². The van der Waals surface area contributed by atoms with Crippen LogP contribution in [0, 0.1) is 0 Å². The molecule has 1 heterocycles. The number of nitrogen functional groups attached to an aromatic ring is 1. The summed E-state index contributed by atoms with van der Waals surface area (Å²) in [7, 11) is 0. The molecule has 0 atom stereocenters. The molecule has 0 unspecified atom stereocenters. The highest BCUT2D eigenvalue weighted by Gasteiger charge is 2.18. The van der Waals surface area contributed by atoms with Crippen molar-refractivity contribution in [2.45, 2.75) is 26.2 Å². The van der Waals surface area contributed by atoms with Crippen molar-refractivity contribution in [3.63, 3.8) is 0 Å². The number of H-pyrrole nitrogens is 1. The monoisotopic (exact) mass is 412 g/mol. The van der Waals surface area contributed by atoms with Gasteiger partial charge in [-0.3, -0.25) is 14.7 Å². The van der Waals surface area contributed by atoms with Crippen LogP contribution in [-0.4, -0.2) is 21.9 Å². The predicted octanol–water partition coefficient (Wildman–Crippen LogP) is 4.93. The van der Waals surface area contributed by atoms with Crippen LogP contribution in [-0.2, 0) is 5.41 Å². The molecule has 0 aliphatic heterocycles. The number of aromatic amines is 1. The normalized spacial score (nSPS) is 11.5. The van der Waals surface area contributed by atoms with E-state index in [9.17, 15) is 9.59 Å². The number of hydrogen-bond acceptors (Lipinski definition) is 4. The van der Waals surface area contributed by atoms with Crippen LogP contribution in [0.5, 0.6) is 0 Å². The van der Waals surface area contributed by atoms with Crippen LogP contribution >= 0.6 is 0 Å². The molecule has 6 nitrogen and oxygen atoms in total. The minimum atomic E-state index is -0.317.